The summed E-state index contributed by atoms with van der Waals surface area (Å²) < 4.78 is 6.51. The normalized spacial score (nSPS) is 15.1. The van der Waals surface area contributed by atoms with Crippen molar-refractivity contribution in [1.29, 1.82) is 0 Å². The predicted molar refractivity (Wildman–Crippen MR) is 153 cm³/mol. The maximum Gasteiger partial charge on any atom is 0.229 e. The number of para-hydroxylation sites is 2. The van der Waals surface area contributed by atoms with Gasteiger partial charge in [0.2, 0.25) is 5.71 Å². The standard InChI is InChI=1S/C33H27N3O/c1-21-17-18-22(2)29(19-21)36-23(3)35(25-13-8-5-9-14-25)32-30(36)20-28-27-16-10-15-26(24-11-6-4-7-12-24)31(27)37-33(28)34-32/h4-20,23H,1-3H3/t23-/m0/s1. The summed E-state index contributed by atoms with van der Waals surface area (Å²) >= 11 is 0. The summed E-state index contributed by atoms with van der Waals surface area (Å²) in [5.74, 6) is 0.910. The van der Waals surface area contributed by atoms with E-state index in [0.29, 0.717) is 5.71 Å². The SMILES string of the molecule is Cc1ccc(C)c(N2c3cc4c(nc3N(c3ccccc3)[C@@H]2C)oc2c(-c3ccccc3)cccc24)c1. The molecule has 2 aromatic heterocycles. The third-order valence-electron chi connectivity index (χ3n) is 7.43. The van der Waals surface area contributed by atoms with Crippen LogP contribution in [-0.2, 0) is 0 Å². The first-order chi connectivity index (χ1) is 18.1. The van der Waals surface area contributed by atoms with Crippen molar-refractivity contribution in [3.05, 3.63) is 114 Å². The number of benzene rings is 4. The van der Waals surface area contributed by atoms with Gasteiger partial charge in [0, 0.05) is 22.3 Å². The topological polar surface area (TPSA) is 32.5 Å². The largest absolute Gasteiger partial charge is 0.437 e. The molecule has 6 aromatic rings. The fraction of sp³-hybridized carbons (Fsp3) is 0.121. The van der Waals surface area contributed by atoms with E-state index in [1.54, 1.807) is 0 Å². The van der Waals surface area contributed by atoms with Gasteiger partial charge in [0.15, 0.2) is 5.82 Å². The molecule has 0 fully saturated rings. The van der Waals surface area contributed by atoms with Crippen molar-refractivity contribution in [3.63, 3.8) is 0 Å². The van der Waals surface area contributed by atoms with Crippen LogP contribution in [0, 0.1) is 13.8 Å². The number of aromatic nitrogens is 1. The minimum atomic E-state index is 0.0445. The zero-order valence-electron chi connectivity index (χ0n) is 21.1. The number of aryl methyl sites for hydroxylation is 2. The third-order valence-corrected chi connectivity index (χ3v) is 7.43. The molecule has 1 atom stereocenters. The van der Waals surface area contributed by atoms with Crippen LogP contribution >= 0.6 is 0 Å². The smallest absolute Gasteiger partial charge is 0.229 e. The van der Waals surface area contributed by atoms with E-state index in [1.165, 1.54) is 16.8 Å². The van der Waals surface area contributed by atoms with Gasteiger partial charge in [-0.3, -0.25) is 0 Å². The highest BCUT2D eigenvalue weighted by atomic mass is 16.3. The minimum Gasteiger partial charge on any atom is -0.437 e. The second kappa shape index (κ2) is 8.24. The summed E-state index contributed by atoms with van der Waals surface area (Å²) in [4.78, 5) is 9.90. The second-order valence-corrected chi connectivity index (χ2v) is 9.83. The van der Waals surface area contributed by atoms with Gasteiger partial charge in [0.1, 0.15) is 11.7 Å². The highest BCUT2D eigenvalue weighted by molar-refractivity contribution is 6.11. The van der Waals surface area contributed by atoms with E-state index in [2.05, 4.69) is 128 Å². The summed E-state index contributed by atoms with van der Waals surface area (Å²) in [5.41, 5.74) is 9.62. The Balaban J connectivity index is 1.51. The molecule has 1 aliphatic heterocycles. The molecule has 0 aliphatic carbocycles. The van der Waals surface area contributed by atoms with E-state index in [0.717, 1.165) is 44.7 Å². The van der Waals surface area contributed by atoms with Crippen LogP contribution in [0.5, 0.6) is 0 Å². The van der Waals surface area contributed by atoms with Crippen LogP contribution in [0.25, 0.3) is 33.2 Å². The first-order valence-electron chi connectivity index (χ1n) is 12.7. The highest BCUT2D eigenvalue weighted by Gasteiger charge is 2.38. The molecule has 0 spiro atoms. The van der Waals surface area contributed by atoms with Crippen molar-refractivity contribution in [3.8, 4) is 11.1 Å². The molecule has 7 rings (SSSR count). The van der Waals surface area contributed by atoms with Gasteiger partial charge < -0.3 is 14.2 Å². The van der Waals surface area contributed by atoms with Gasteiger partial charge in [0.05, 0.1) is 11.1 Å². The molecule has 0 N–H and O–H groups in total. The molecule has 4 heteroatoms. The van der Waals surface area contributed by atoms with Crippen LogP contribution in [0.4, 0.5) is 22.9 Å². The van der Waals surface area contributed by atoms with E-state index in [9.17, 15) is 0 Å². The van der Waals surface area contributed by atoms with Crippen LogP contribution in [0.3, 0.4) is 0 Å². The van der Waals surface area contributed by atoms with Gasteiger partial charge in [0.25, 0.3) is 0 Å². The van der Waals surface area contributed by atoms with Gasteiger partial charge >= 0.3 is 0 Å². The summed E-state index contributed by atoms with van der Waals surface area (Å²) in [6, 6.07) is 36.2. The molecular formula is C33H27N3O. The monoisotopic (exact) mass is 481 g/mol. The Bertz CT molecular complexity index is 1770. The lowest BCUT2D eigenvalue weighted by Gasteiger charge is -2.31. The molecule has 0 bridgehead atoms. The number of rotatable bonds is 3. The minimum absolute atomic E-state index is 0.0445. The summed E-state index contributed by atoms with van der Waals surface area (Å²) in [6.07, 6.45) is 0.0445. The second-order valence-electron chi connectivity index (χ2n) is 9.83. The molecule has 0 radical (unpaired) electrons. The van der Waals surface area contributed by atoms with Crippen molar-refractivity contribution < 1.29 is 4.42 Å². The Labute approximate surface area is 216 Å². The zero-order valence-corrected chi connectivity index (χ0v) is 21.1. The van der Waals surface area contributed by atoms with E-state index in [4.69, 9.17) is 9.40 Å². The molecular weight excluding hydrogens is 454 g/mol. The van der Waals surface area contributed by atoms with Crippen LogP contribution in [0.2, 0.25) is 0 Å². The number of furan rings is 1. The Morgan fingerprint density at radius 1 is 0.703 bits per heavy atom. The number of hydrogen-bond acceptors (Lipinski definition) is 4. The van der Waals surface area contributed by atoms with Crippen LogP contribution in [0.15, 0.2) is 108 Å². The molecule has 0 saturated heterocycles. The molecule has 4 nitrogen and oxygen atoms in total. The van der Waals surface area contributed by atoms with E-state index in [1.807, 2.05) is 6.07 Å². The van der Waals surface area contributed by atoms with E-state index in [-0.39, 0.29) is 6.17 Å². The molecule has 1 aliphatic rings. The number of anilines is 4. The molecule has 37 heavy (non-hydrogen) atoms. The van der Waals surface area contributed by atoms with Gasteiger partial charge in [-0.05, 0) is 61.7 Å². The average molecular weight is 482 g/mol. The first kappa shape index (κ1) is 21.7. The maximum atomic E-state index is 6.51. The lowest BCUT2D eigenvalue weighted by Crippen LogP contribution is -2.35. The van der Waals surface area contributed by atoms with Crippen molar-refractivity contribution in [2.45, 2.75) is 26.9 Å². The molecule has 0 unspecified atom stereocenters. The summed E-state index contributed by atoms with van der Waals surface area (Å²) in [7, 11) is 0. The van der Waals surface area contributed by atoms with Crippen molar-refractivity contribution in [2.24, 2.45) is 0 Å². The number of fused-ring (bicyclic) bond motifs is 4. The van der Waals surface area contributed by atoms with Crippen molar-refractivity contribution in [1.82, 2.24) is 4.98 Å². The maximum absolute atomic E-state index is 6.51. The average Bonchev–Trinajstić information content (AvgIpc) is 3.43. The fourth-order valence-electron chi connectivity index (χ4n) is 5.63. The Hall–Kier alpha value is -4.57. The van der Waals surface area contributed by atoms with Crippen molar-refractivity contribution in [2.75, 3.05) is 9.80 Å². The quantitative estimate of drug-likeness (QED) is 0.253. The molecule has 3 heterocycles. The Morgan fingerprint density at radius 3 is 2.24 bits per heavy atom. The van der Waals surface area contributed by atoms with Gasteiger partial charge in [-0.1, -0.05) is 78.9 Å². The van der Waals surface area contributed by atoms with Crippen LogP contribution in [-0.4, -0.2) is 11.1 Å². The van der Waals surface area contributed by atoms with Gasteiger partial charge in [-0.25, -0.2) is 0 Å². The lowest BCUT2D eigenvalue weighted by atomic mass is 10.0. The van der Waals surface area contributed by atoms with Gasteiger partial charge in [-0.2, -0.15) is 4.98 Å². The summed E-state index contributed by atoms with van der Waals surface area (Å²) in [6.45, 7) is 6.57. The zero-order chi connectivity index (χ0) is 25.1. The summed E-state index contributed by atoms with van der Waals surface area (Å²) in [5, 5.41) is 2.11. The van der Waals surface area contributed by atoms with Crippen LogP contribution < -0.4 is 9.80 Å². The number of hydrogen-bond donors (Lipinski definition) is 0. The van der Waals surface area contributed by atoms with E-state index < -0.39 is 0 Å². The van der Waals surface area contributed by atoms with E-state index >= 15 is 0 Å². The third kappa shape index (κ3) is 3.33. The Morgan fingerprint density at radius 2 is 1.46 bits per heavy atom. The highest BCUT2D eigenvalue weighted by Crippen LogP contribution is 2.49. The molecule has 4 aromatic carbocycles. The molecule has 0 saturated carbocycles. The fourth-order valence-corrected chi connectivity index (χ4v) is 5.63. The van der Waals surface area contributed by atoms with Gasteiger partial charge in [-0.15, -0.1) is 0 Å². The molecule has 0 amide bonds. The van der Waals surface area contributed by atoms with Crippen LogP contribution in [0.1, 0.15) is 18.1 Å². The first-order valence-corrected chi connectivity index (χ1v) is 12.7. The lowest BCUT2D eigenvalue weighted by molar-refractivity contribution is 0.654. The molecule has 180 valence electrons. The predicted octanol–water partition coefficient (Wildman–Crippen LogP) is 8.90. The Kier molecular flexibility index (Phi) is 4.83. The van der Waals surface area contributed by atoms with Crippen molar-refractivity contribution >= 4 is 44.9 Å². The number of pyridine rings is 1. The number of nitrogens with zero attached hydrogens (tertiary/aromatic N) is 3.